The molecule has 2 amide bonds. The van der Waals surface area contributed by atoms with E-state index >= 15 is 0 Å². The van der Waals surface area contributed by atoms with Crippen LogP contribution >= 0.6 is 11.3 Å². The zero-order valence-corrected chi connectivity index (χ0v) is 16.3. The molecule has 0 fully saturated rings. The first-order valence-corrected chi connectivity index (χ1v) is 9.82. The minimum absolute atomic E-state index is 0.0559. The van der Waals surface area contributed by atoms with Gasteiger partial charge in [0, 0.05) is 12.0 Å². The number of benzene rings is 1. The number of aryl methyl sites for hydroxylation is 1. The molecule has 1 aromatic heterocycles. The summed E-state index contributed by atoms with van der Waals surface area (Å²) in [6.07, 6.45) is 4.25. The first kappa shape index (κ1) is 20.0. The van der Waals surface area contributed by atoms with Crippen LogP contribution in [0, 0.1) is 5.92 Å². The summed E-state index contributed by atoms with van der Waals surface area (Å²) in [4.78, 5) is 25.0. The molecular weight excluding hydrogens is 348 g/mol. The van der Waals surface area contributed by atoms with Crippen LogP contribution in [0.15, 0.2) is 30.3 Å². The van der Waals surface area contributed by atoms with Crippen molar-refractivity contribution in [3.05, 3.63) is 40.9 Å². The van der Waals surface area contributed by atoms with Crippen LogP contribution in [0.25, 0.3) is 0 Å². The van der Waals surface area contributed by atoms with Crippen LogP contribution in [0.5, 0.6) is 0 Å². The summed E-state index contributed by atoms with van der Waals surface area (Å²) in [6, 6.07) is 8.23. The van der Waals surface area contributed by atoms with Crippen LogP contribution < -0.4 is 10.6 Å². The Balaban J connectivity index is 1.97. The van der Waals surface area contributed by atoms with Crippen molar-refractivity contribution in [1.82, 2.24) is 15.5 Å². The number of carbonyl (C=O) groups excluding carboxylic acids is 2. The summed E-state index contributed by atoms with van der Waals surface area (Å²) < 4.78 is 0. The van der Waals surface area contributed by atoms with E-state index in [-0.39, 0.29) is 17.7 Å². The highest BCUT2D eigenvalue weighted by molar-refractivity contribution is 7.15. The lowest BCUT2D eigenvalue weighted by atomic mass is 10.0. The summed E-state index contributed by atoms with van der Waals surface area (Å²) >= 11 is 1.39. The summed E-state index contributed by atoms with van der Waals surface area (Å²) in [5.41, 5.74) is 0.528. The number of hydrogen-bond acceptors (Lipinski definition) is 5. The molecule has 1 unspecified atom stereocenters. The quantitative estimate of drug-likeness (QED) is 0.656. The molecule has 140 valence electrons. The maximum Gasteiger partial charge on any atom is 0.251 e. The van der Waals surface area contributed by atoms with Gasteiger partial charge in [0.2, 0.25) is 11.0 Å². The van der Waals surface area contributed by atoms with Crippen molar-refractivity contribution in [1.29, 1.82) is 0 Å². The van der Waals surface area contributed by atoms with E-state index in [1.54, 1.807) is 24.3 Å². The molecule has 0 saturated heterocycles. The van der Waals surface area contributed by atoms with Crippen LogP contribution in [-0.4, -0.2) is 28.1 Å². The predicted octanol–water partition coefficient (Wildman–Crippen LogP) is 3.66. The SMILES string of the molecule is CCCCCc1nnc(NC(=O)C(NC(=O)c2ccccc2)C(C)C)s1. The molecule has 2 N–H and O–H groups in total. The van der Waals surface area contributed by atoms with Crippen molar-refractivity contribution in [2.75, 3.05) is 5.32 Å². The molecule has 0 radical (unpaired) electrons. The van der Waals surface area contributed by atoms with E-state index in [1.807, 2.05) is 19.9 Å². The van der Waals surface area contributed by atoms with Gasteiger partial charge in [-0.15, -0.1) is 10.2 Å². The third kappa shape index (κ3) is 5.91. The number of nitrogens with zero attached hydrogens (tertiary/aromatic N) is 2. The zero-order chi connectivity index (χ0) is 18.9. The van der Waals surface area contributed by atoms with Crippen LogP contribution in [0.3, 0.4) is 0 Å². The summed E-state index contributed by atoms with van der Waals surface area (Å²) in [6.45, 7) is 5.94. The third-order valence-corrected chi connectivity index (χ3v) is 4.86. The fraction of sp³-hybridized carbons (Fsp3) is 0.474. The van der Waals surface area contributed by atoms with Crippen molar-refractivity contribution >= 4 is 28.3 Å². The first-order valence-electron chi connectivity index (χ1n) is 9.00. The summed E-state index contributed by atoms with van der Waals surface area (Å²) in [7, 11) is 0. The Bertz CT molecular complexity index is 715. The van der Waals surface area contributed by atoms with Crippen LogP contribution in [-0.2, 0) is 11.2 Å². The fourth-order valence-electron chi connectivity index (χ4n) is 2.46. The van der Waals surface area contributed by atoms with Gasteiger partial charge in [0.15, 0.2) is 0 Å². The lowest BCUT2D eigenvalue weighted by molar-refractivity contribution is -0.118. The molecule has 7 heteroatoms. The smallest absolute Gasteiger partial charge is 0.251 e. The van der Waals surface area contributed by atoms with Gasteiger partial charge in [-0.2, -0.15) is 0 Å². The zero-order valence-electron chi connectivity index (χ0n) is 15.5. The maximum atomic E-state index is 12.6. The number of carbonyl (C=O) groups is 2. The second-order valence-electron chi connectivity index (χ2n) is 6.51. The second-order valence-corrected chi connectivity index (χ2v) is 7.57. The summed E-state index contributed by atoms with van der Waals surface area (Å²) in [5, 5.41) is 15.1. The van der Waals surface area contributed by atoms with E-state index in [1.165, 1.54) is 11.3 Å². The number of rotatable bonds is 9. The average molecular weight is 375 g/mol. The Kier molecular flexibility index (Phi) is 7.72. The Labute approximate surface area is 158 Å². The van der Waals surface area contributed by atoms with Crippen molar-refractivity contribution in [2.24, 2.45) is 5.92 Å². The van der Waals surface area contributed by atoms with E-state index < -0.39 is 6.04 Å². The maximum absolute atomic E-state index is 12.6. The molecule has 6 nitrogen and oxygen atoms in total. The highest BCUT2D eigenvalue weighted by Crippen LogP contribution is 2.18. The average Bonchev–Trinajstić information content (AvgIpc) is 3.07. The van der Waals surface area contributed by atoms with Gasteiger partial charge in [-0.1, -0.05) is 63.1 Å². The molecule has 0 aliphatic carbocycles. The van der Waals surface area contributed by atoms with Crippen LogP contribution in [0.4, 0.5) is 5.13 Å². The molecule has 0 aliphatic rings. The van der Waals surface area contributed by atoms with Gasteiger partial charge >= 0.3 is 0 Å². The van der Waals surface area contributed by atoms with E-state index in [2.05, 4.69) is 27.8 Å². The van der Waals surface area contributed by atoms with Gasteiger partial charge in [-0.3, -0.25) is 14.9 Å². The van der Waals surface area contributed by atoms with Crippen molar-refractivity contribution in [2.45, 2.75) is 52.5 Å². The molecular formula is C19H26N4O2S. The number of anilines is 1. The van der Waals surface area contributed by atoms with E-state index in [9.17, 15) is 9.59 Å². The Morgan fingerprint density at radius 2 is 1.85 bits per heavy atom. The van der Waals surface area contributed by atoms with E-state index in [0.29, 0.717) is 10.7 Å². The van der Waals surface area contributed by atoms with E-state index in [0.717, 1.165) is 30.7 Å². The van der Waals surface area contributed by atoms with Gasteiger partial charge in [0.1, 0.15) is 11.0 Å². The predicted molar refractivity (Wildman–Crippen MR) is 104 cm³/mol. The molecule has 2 aromatic rings. The molecule has 1 atom stereocenters. The first-order chi connectivity index (χ1) is 12.5. The van der Waals surface area contributed by atoms with Gasteiger partial charge in [0.25, 0.3) is 5.91 Å². The van der Waals surface area contributed by atoms with Crippen molar-refractivity contribution in [3.63, 3.8) is 0 Å². The third-order valence-electron chi connectivity index (χ3n) is 3.96. The molecule has 26 heavy (non-hydrogen) atoms. The lowest BCUT2D eigenvalue weighted by Gasteiger charge is -2.21. The Hall–Kier alpha value is -2.28. The van der Waals surface area contributed by atoms with Gasteiger partial charge in [-0.05, 0) is 24.5 Å². The molecule has 1 heterocycles. The summed E-state index contributed by atoms with van der Waals surface area (Å²) in [5.74, 6) is -0.600. The number of hydrogen-bond donors (Lipinski definition) is 2. The minimum Gasteiger partial charge on any atom is -0.340 e. The Morgan fingerprint density at radius 1 is 1.12 bits per heavy atom. The lowest BCUT2D eigenvalue weighted by Crippen LogP contribution is -2.47. The molecule has 2 rings (SSSR count). The number of amides is 2. The van der Waals surface area contributed by atoms with Crippen LogP contribution in [0.1, 0.15) is 55.4 Å². The van der Waals surface area contributed by atoms with Crippen molar-refractivity contribution < 1.29 is 9.59 Å². The Morgan fingerprint density at radius 3 is 2.50 bits per heavy atom. The van der Waals surface area contributed by atoms with Crippen LogP contribution in [0.2, 0.25) is 0 Å². The van der Waals surface area contributed by atoms with Gasteiger partial charge < -0.3 is 5.32 Å². The number of aromatic nitrogens is 2. The van der Waals surface area contributed by atoms with Gasteiger partial charge in [-0.25, -0.2) is 0 Å². The topological polar surface area (TPSA) is 84.0 Å². The molecule has 1 aromatic carbocycles. The highest BCUT2D eigenvalue weighted by atomic mass is 32.1. The standard InChI is InChI=1S/C19H26N4O2S/c1-4-5-7-12-15-22-23-19(26-15)21-18(25)16(13(2)3)20-17(24)14-10-8-6-9-11-14/h6,8-11,13,16H,4-5,7,12H2,1-3H3,(H,20,24)(H,21,23,25). The molecule has 0 spiro atoms. The molecule has 0 saturated carbocycles. The number of unbranched alkanes of at least 4 members (excludes halogenated alkanes) is 2. The van der Waals surface area contributed by atoms with Crippen molar-refractivity contribution in [3.8, 4) is 0 Å². The largest absolute Gasteiger partial charge is 0.340 e. The monoisotopic (exact) mass is 374 g/mol. The van der Waals surface area contributed by atoms with E-state index in [4.69, 9.17) is 0 Å². The van der Waals surface area contributed by atoms with Gasteiger partial charge in [0.05, 0.1) is 0 Å². The number of nitrogens with one attached hydrogen (secondary N) is 2. The normalized spacial score (nSPS) is 12.0. The fourth-order valence-corrected chi connectivity index (χ4v) is 3.25. The highest BCUT2D eigenvalue weighted by Gasteiger charge is 2.25. The second kappa shape index (κ2) is 10.0. The minimum atomic E-state index is -0.643. The molecule has 0 aliphatic heterocycles. The molecule has 0 bridgehead atoms.